The molecule has 0 radical (unpaired) electrons. The van der Waals surface area contributed by atoms with Crippen molar-refractivity contribution < 1.29 is 9.72 Å². The number of rotatable bonds is 4. The minimum atomic E-state index is -0.379. The average molecular weight is 449 g/mol. The van der Waals surface area contributed by atoms with Gasteiger partial charge in [-0.3, -0.25) is 19.8 Å². The minimum Gasteiger partial charge on any atom is -0.364 e. The van der Waals surface area contributed by atoms with Crippen LogP contribution in [-0.4, -0.2) is 65.9 Å². The highest BCUT2D eigenvalue weighted by Crippen LogP contribution is 2.34. The van der Waals surface area contributed by atoms with Crippen molar-refractivity contribution in [3.05, 3.63) is 68.2 Å². The van der Waals surface area contributed by atoms with Crippen molar-refractivity contribution >= 4 is 40.5 Å². The van der Waals surface area contributed by atoms with Crippen LogP contribution in [0.25, 0.3) is 0 Å². The van der Waals surface area contributed by atoms with Gasteiger partial charge in [-0.05, 0) is 42.8 Å². The molecule has 0 spiro atoms. The molecule has 30 heavy (non-hydrogen) atoms. The van der Waals surface area contributed by atoms with E-state index < -0.39 is 0 Å². The molecule has 2 heterocycles. The van der Waals surface area contributed by atoms with Crippen molar-refractivity contribution in [3.63, 3.8) is 0 Å². The van der Waals surface area contributed by atoms with Crippen molar-refractivity contribution in [1.29, 1.82) is 0 Å². The molecule has 0 saturated carbocycles. The molecule has 1 unspecified atom stereocenters. The minimum absolute atomic E-state index is 0.0242. The molecule has 2 aromatic carbocycles. The van der Waals surface area contributed by atoms with Crippen LogP contribution >= 0.6 is 23.2 Å². The molecule has 4 rings (SSSR count). The monoisotopic (exact) mass is 448 g/mol. The lowest BCUT2D eigenvalue weighted by atomic mass is 10.1. The number of carbonyl (C=O) groups excluding carboxylic acids is 1. The van der Waals surface area contributed by atoms with Crippen LogP contribution in [0.15, 0.2) is 42.5 Å². The molecule has 2 saturated heterocycles. The van der Waals surface area contributed by atoms with Gasteiger partial charge in [-0.1, -0.05) is 23.2 Å². The molecule has 9 heteroatoms. The van der Waals surface area contributed by atoms with E-state index in [2.05, 4.69) is 9.80 Å². The lowest BCUT2D eigenvalue weighted by molar-refractivity contribution is -0.384. The number of nitro groups is 1. The van der Waals surface area contributed by atoms with Gasteiger partial charge >= 0.3 is 0 Å². The zero-order valence-electron chi connectivity index (χ0n) is 16.3. The summed E-state index contributed by atoms with van der Waals surface area (Å²) in [4.78, 5) is 30.0. The van der Waals surface area contributed by atoms with Gasteiger partial charge in [-0.2, -0.15) is 0 Å². The van der Waals surface area contributed by atoms with Gasteiger partial charge in [0.25, 0.3) is 11.6 Å². The highest BCUT2D eigenvalue weighted by atomic mass is 35.5. The Morgan fingerprint density at radius 3 is 2.30 bits per heavy atom. The predicted molar refractivity (Wildman–Crippen MR) is 118 cm³/mol. The quantitative estimate of drug-likeness (QED) is 0.523. The lowest BCUT2D eigenvalue weighted by Crippen LogP contribution is -2.52. The fraction of sp³-hybridized carbons (Fsp3) is 0.381. The molecule has 2 aliphatic rings. The Morgan fingerprint density at radius 1 is 0.967 bits per heavy atom. The third-order valence-corrected chi connectivity index (χ3v) is 6.33. The fourth-order valence-electron chi connectivity index (χ4n) is 4.23. The number of carbonyl (C=O) groups is 1. The zero-order chi connectivity index (χ0) is 21.3. The Kier molecular flexibility index (Phi) is 6.13. The van der Waals surface area contributed by atoms with Gasteiger partial charge in [0.2, 0.25) is 0 Å². The van der Waals surface area contributed by atoms with Gasteiger partial charge in [0.15, 0.2) is 0 Å². The summed E-state index contributed by atoms with van der Waals surface area (Å²) in [7, 11) is 0. The van der Waals surface area contributed by atoms with Crippen LogP contribution in [0.1, 0.15) is 16.8 Å². The third kappa shape index (κ3) is 4.38. The number of nitrogens with zero attached hydrogens (tertiary/aromatic N) is 4. The SMILES string of the molecule is O=C(c1ccc(Cl)cc1)N1CCN(C2CCN(c3ccc(Cl)cc3[N+](=O)[O-])C2)CC1. The summed E-state index contributed by atoms with van der Waals surface area (Å²) >= 11 is 11.8. The number of amides is 1. The van der Waals surface area contributed by atoms with E-state index in [9.17, 15) is 14.9 Å². The van der Waals surface area contributed by atoms with E-state index in [0.29, 0.717) is 40.4 Å². The molecule has 158 valence electrons. The number of hydrogen-bond acceptors (Lipinski definition) is 5. The Hall–Kier alpha value is -2.35. The molecule has 7 nitrogen and oxygen atoms in total. The molecule has 0 aromatic heterocycles. The smallest absolute Gasteiger partial charge is 0.294 e. The molecule has 2 aromatic rings. The second-order valence-electron chi connectivity index (χ2n) is 7.61. The summed E-state index contributed by atoms with van der Waals surface area (Å²) in [5.41, 5.74) is 1.31. The van der Waals surface area contributed by atoms with Gasteiger partial charge in [0.05, 0.1) is 4.92 Å². The first kappa shape index (κ1) is 20.9. The van der Waals surface area contributed by atoms with Crippen LogP contribution in [0.5, 0.6) is 0 Å². The van der Waals surface area contributed by atoms with Crippen LogP contribution in [-0.2, 0) is 0 Å². The second-order valence-corrected chi connectivity index (χ2v) is 8.49. The molecule has 0 bridgehead atoms. The highest BCUT2D eigenvalue weighted by molar-refractivity contribution is 6.31. The van der Waals surface area contributed by atoms with Crippen molar-refractivity contribution in [3.8, 4) is 0 Å². The van der Waals surface area contributed by atoms with Crippen LogP contribution in [0.4, 0.5) is 11.4 Å². The molecule has 0 aliphatic carbocycles. The maximum atomic E-state index is 12.7. The van der Waals surface area contributed by atoms with Gasteiger partial charge in [-0.15, -0.1) is 0 Å². The van der Waals surface area contributed by atoms with E-state index in [1.807, 2.05) is 4.90 Å². The van der Waals surface area contributed by atoms with Gasteiger partial charge in [-0.25, -0.2) is 0 Å². The maximum Gasteiger partial charge on any atom is 0.294 e. The molecular weight excluding hydrogens is 427 g/mol. The second kappa shape index (κ2) is 8.79. The molecule has 2 fully saturated rings. The zero-order valence-corrected chi connectivity index (χ0v) is 17.8. The van der Waals surface area contributed by atoms with Crippen LogP contribution in [0.3, 0.4) is 0 Å². The third-order valence-electron chi connectivity index (χ3n) is 5.85. The number of nitro benzene ring substituents is 1. The van der Waals surface area contributed by atoms with Crippen LogP contribution in [0, 0.1) is 10.1 Å². The molecule has 1 atom stereocenters. The Bertz CT molecular complexity index is 946. The average Bonchev–Trinajstić information content (AvgIpc) is 3.24. The lowest BCUT2D eigenvalue weighted by Gasteiger charge is -2.38. The topological polar surface area (TPSA) is 69.9 Å². The summed E-state index contributed by atoms with van der Waals surface area (Å²) in [5, 5.41) is 12.4. The van der Waals surface area contributed by atoms with E-state index in [0.717, 1.165) is 32.6 Å². The number of piperazine rings is 1. The van der Waals surface area contributed by atoms with Crippen LogP contribution < -0.4 is 4.90 Å². The first-order valence-corrected chi connectivity index (χ1v) is 10.7. The summed E-state index contributed by atoms with van der Waals surface area (Å²) in [6.45, 7) is 4.41. The normalized spacial score (nSPS) is 19.9. The van der Waals surface area contributed by atoms with Crippen molar-refractivity contribution in [2.75, 3.05) is 44.2 Å². The summed E-state index contributed by atoms with van der Waals surface area (Å²) in [6, 6.07) is 12.1. The fourth-order valence-corrected chi connectivity index (χ4v) is 4.53. The maximum absolute atomic E-state index is 12.7. The number of anilines is 1. The van der Waals surface area contributed by atoms with E-state index in [1.54, 1.807) is 36.4 Å². The van der Waals surface area contributed by atoms with Gasteiger partial charge < -0.3 is 9.80 Å². The standard InChI is InChI=1S/C21H22Cl2N4O3/c22-16-3-1-15(2-4-16)21(28)25-11-9-24(10-12-25)18-7-8-26(14-18)19-6-5-17(23)13-20(19)27(29)30/h1-6,13,18H,7-12,14H2. The number of halogens is 2. The number of benzene rings is 2. The Morgan fingerprint density at radius 2 is 1.63 bits per heavy atom. The van der Waals surface area contributed by atoms with E-state index in [4.69, 9.17) is 23.2 Å². The molecule has 0 N–H and O–H groups in total. The van der Waals surface area contributed by atoms with E-state index in [-0.39, 0.29) is 16.5 Å². The van der Waals surface area contributed by atoms with E-state index >= 15 is 0 Å². The molecular formula is C21H22Cl2N4O3. The van der Waals surface area contributed by atoms with Gasteiger partial charge in [0.1, 0.15) is 5.69 Å². The molecule has 2 aliphatic heterocycles. The largest absolute Gasteiger partial charge is 0.364 e. The summed E-state index contributed by atoms with van der Waals surface area (Å²) in [5.74, 6) is 0.0242. The van der Waals surface area contributed by atoms with Crippen molar-refractivity contribution in [1.82, 2.24) is 9.80 Å². The van der Waals surface area contributed by atoms with Gasteiger partial charge in [0, 0.05) is 67.0 Å². The first-order chi connectivity index (χ1) is 14.4. The highest BCUT2D eigenvalue weighted by Gasteiger charge is 2.33. The number of hydrogen-bond donors (Lipinski definition) is 0. The summed E-state index contributed by atoms with van der Waals surface area (Å²) in [6.07, 6.45) is 0.935. The van der Waals surface area contributed by atoms with Crippen LogP contribution in [0.2, 0.25) is 10.0 Å². The van der Waals surface area contributed by atoms with Crippen molar-refractivity contribution in [2.24, 2.45) is 0 Å². The van der Waals surface area contributed by atoms with E-state index in [1.165, 1.54) is 6.07 Å². The Labute approximate surface area is 184 Å². The Balaban J connectivity index is 1.36. The summed E-state index contributed by atoms with van der Waals surface area (Å²) < 4.78 is 0. The molecule has 1 amide bonds. The first-order valence-electron chi connectivity index (χ1n) is 9.90. The predicted octanol–water partition coefficient (Wildman–Crippen LogP) is 3.94. The van der Waals surface area contributed by atoms with Crippen molar-refractivity contribution in [2.45, 2.75) is 12.5 Å².